The van der Waals surface area contributed by atoms with E-state index in [1.54, 1.807) is 0 Å². The van der Waals surface area contributed by atoms with Gasteiger partial charge in [-0.3, -0.25) is 4.98 Å². The third-order valence-corrected chi connectivity index (χ3v) is 6.90. The molecule has 6 aromatic carbocycles. The standard InChI is InChI=1S/C33H21N/c1-2-6-22(7-3-1)30-20-28(18-27-16-17-34-21-32(27)30)26-15-12-24-11-14-25-13-10-23-8-4-5-9-29(23)33(25)31(24)19-26/h1-21H. The van der Waals surface area contributed by atoms with Crippen molar-refractivity contribution >= 4 is 43.1 Å². The Hall–Kier alpha value is -4.49. The zero-order valence-electron chi connectivity index (χ0n) is 18.6. The molecule has 0 unspecified atom stereocenters. The SMILES string of the molecule is c1ccc(-c2cc(-c3ccc4ccc5ccc6ccccc6c5c4c3)cc3ccncc23)cc1. The minimum absolute atomic E-state index is 1.18. The molecule has 0 saturated heterocycles. The Labute approximate surface area is 197 Å². The minimum atomic E-state index is 1.18. The highest BCUT2D eigenvalue weighted by atomic mass is 14.6. The molecule has 0 saturated carbocycles. The van der Waals surface area contributed by atoms with Gasteiger partial charge in [-0.2, -0.15) is 0 Å². The summed E-state index contributed by atoms with van der Waals surface area (Å²) >= 11 is 0. The number of nitrogens with zero attached hydrogens (tertiary/aromatic N) is 1. The Kier molecular flexibility index (Phi) is 4.22. The largest absolute Gasteiger partial charge is 0.264 e. The van der Waals surface area contributed by atoms with E-state index >= 15 is 0 Å². The predicted molar refractivity (Wildman–Crippen MR) is 145 cm³/mol. The van der Waals surface area contributed by atoms with Gasteiger partial charge in [0.05, 0.1) is 0 Å². The number of aromatic nitrogens is 1. The van der Waals surface area contributed by atoms with Crippen LogP contribution in [0.25, 0.3) is 65.3 Å². The Bertz CT molecular complexity index is 1840. The van der Waals surface area contributed by atoms with E-state index in [-0.39, 0.29) is 0 Å². The molecule has 7 aromatic rings. The molecule has 0 fully saturated rings. The van der Waals surface area contributed by atoms with Crippen LogP contribution in [0.15, 0.2) is 128 Å². The second-order valence-corrected chi connectivity index (χ2v) is 8.87. The smallest absolute Gasteiger partial charge is 0.0352 e. The van der Waals surface area contributed by atoms with Crippen LogP contribution in [0.5, 0.6) is 0 Å². The quantitative estimate of drug-likeness (QED) is 0.249. The van der Waals surface area contributed by atoms with Crippen LogP contribution in [-0.2, 0) is 0 Å². The van der Waals surface area contributed by atoms with Gasteiger partial charge in [-0.15, -0.1) is 0 Å². The van der Waals surface area contributed by atoms with Gasteiger partial charge in [0.25, 0.3) is 0 Å². The van der Waals surface area contributed by atoms with Crippen LogP contribution >= 0.6 is 0 Å². The van der Waals surface area contributed by atoms with Crippen LogP contribution in [-0.4, -0.2) is 4.98 Å². The molecule has 0 bridgehead atoms. The lowest BCUT2D eigenvalue weighted by atomic mass is 9.91. The molecule has 0 aliphatic carbocycles. The molecule has 1 nitrogen and oxygen atoms in total. The Morgan fingerprint density at radius 2 is 1.15 bits per heavy atom. The number of pyridine rings is 1. The highest BCUT2D eigenvalue weighted by molar-refractivity contribution is 6.20. The van der Waals surface area contributed by atoms with Crippen LogP contribution in [0.4, 0.5) is 0 Å². The van der Waals surface area contributed by atoms with Gasteiger partial charge in [0.2, 0.25) is 0 Å². The number of fused-ring (bicyclic) bond motifs is 6. The zero-order chi connectivity index (χ0) is 22.5. The summed E-state index contributed by atoms with van der Waals surface area (Å²) in [6.07, 6.45) is 3.85. The summed E-state index contributed by atoms with van der Waals surface area (Å²) in [5.74, 6) is 0. The van der Waals surface area contributed by atoms with Crippen LogP contribution < -0.4 is 0 Å². The maximum atomic E-state index is 4.41. The number of hydrogen-bond donors (Lipinski definition) is 0. The molecule has 158 valence electrons. The molecular weight excluding hydrogens is 410 g/mol. The lowest BCUT2D eigenvalue weighted by Gasteiger charge is -2.13. The summed E-state index contributed by atoms with van der Waals surface area (Å²) in [7, 11) is 0. The molecule has 0 N–H and O–H groups in total. The molecule has 7 rings (SSSR count). The monoisotopic (exact) mass is 431 g/mol. The fourth-order valence-corrected chi connectivity index (χ4v) is 5.23. The van der Waals surface area contributed by atoms with Crippen molar-refractivity contribution in [3.8, 4) is 22.3 Å². The maximum absolute atomic E-state index is 4.41. The molecule has 0 aliphatic rings. The van der Waals surface area contributed by atoms with Crippen LogP contribution in [0, 0.1) is 0 Å². The van der Waals surface area contributed by atoms with Gasteiger partial charge in [0, 0.05) is 17.8 Å². The van der Waals surface area contributed by atoms with Crippen molar-refractivity contribution in [2.75, 3.05) is 0 Å². The van der Waals surface area contributed by atoms with Crippen molar-refractivity contribution in [1.82, 2.24) is 4.98 Å². The first kappa shape index (κ1) is 19.0. The van der Waals surface area contributed by atoms with Gasteiger partial charge in [-0.1, -0.05) is 91.0 Å². The van der Waals surface area contributed by atoms with Gasteiger partial charge < -0.3 is 0 Å². The Morgan fingerprint density at radius 3 is 2.03 bits per heavy atom. The van der Waals surface area contributed by atoms with E-state index < -0.39 is 0 Å². The van der Waals surface area contributed by atoms with Crippen LogP contribution in [0.2, 0.25) is 0 Å². The van der Waals surface area contributed by atoms with Crippen molar-refractivity contribution in [1.29, 1.82) is 0 Å². The zero-order valence-corrected chi connectivity index (χ0v) is 18.6. The second kappa shape index (κ2) is 7.54. The molecule has 0 radical (unpaired) electrons. The number of benzene rings is 6. The molecule has 1 heteroatoms. The Balaban J connectivity index is 1.53. The first-order chi connectivity index (χ1) is 16.8. The van der Waals surface area contributed by atoms with Crippen molar-refractivity contribution < 1.29 is 0 Å². The Morgan fingerprint density at radius 1 is 0.412 bits per heavy atom. The molecule has 0 spiro atoms. The fraction of sp³-hybridized carbons (Fsp3) is 0. The van der Waals surface area contributed by atoms with Crippen molar-refractivity contribution in [3.63, 3.8) is 0 Å². The number of rotatable bonds is 2. The van der Waals surface area contributed by atoms with Crippen molar-refractivity contribution in [3.05, 3.63) is 128 Å². The van der Waals surface area contributed by atoms with Crippen molar-refractivity contribution in [2.24, 2.45) is 0 Å². The highest BCUT2D eigenvalue weighted by Crippen LogP contribution is 2.37. The van der Waals surface area contributed by atoms with E-state index in [0.29, 0.717) is 0 Å². The molecular formula is C33H21N. The van der Waals surface area contributed by atoms with E-state index in [0.717, 1.165) is 0 Å². The van der Waals surface area contributed by atoms with Gasteiger partial charge in [0.1, 0.15) is 0 Å². The topological polar surface area (TPSA) is 12.9 Å². The summed E-state index contributed by atoms with van der Waals surface area (Å²) in [5.41, 5.74) is 4.87. The molecule has 34 heavy (non-hydrogen) atoms. The number of hydrogen-bond acceptors (Lipinski definition) is 1. The molecule has 1 aromatic heterocycles. The summed E-state index contributed by atoms with van der Waals surface area (Å²) in [5, 5.41) is 10.1. The van der Waals surface area contributed by atoms with E-state index in [9.17, 15) is 0 Å². The van der Waals surface area contributed by atoms with Gasteiger partial charge in [-0.25, -0.2) is 0 Å². The molecule has 1 heterocycles. The molecule has 0 amide bonds. The van der Waals surface area contributed by atoms with Gasteiger partial charge in [-0.05, 0) is 84.2 Å². The van der Waals surface area contributed by atoms with E-state index in [4.69, 9.17) is 0 Å². The van der Waals surface area contributed by atoms with Gasteiger partial charge >= 0.3 is 0 Å². The minimum Gasteiger partial charge on any atom is -0.264 e. The first-order valence-electron chi connectivity index (χ1n) is 11.6. The maximum Gasteiger partial charge on any atom is 0.0352 e. The van der Waals surface area contributed by atoms with Crippen LogP contribution in [0.1, 0.15) is 0 Å². The van der Waals surface area contributed by atoms with Crippen molar-refractivity contribution in [2.45, 2.75) is 0 Å². The summed E-state index contributed by atoms with van der Waals surface area (Å²) in [6.45, 7) is 0. The fourth-order valence-electron chi connectivity index (χ4n) is 5.23. The highest BCUT2D eigenvalue weighted by Gasteiger charge is 2.11. The average Bonchev–Trinajstić information content (AvgIpc) is 2.92. The summed E-state index contributed by atoms with van der Waals surface area (Å²) < 4.78 is 0. The third-order valence-electron chi connectivity index (χ3n) is 6.90. The summed E-state index contributed by atoms with van der Waals surface area (Å²) in [4.78, 5) is 4.41. The summed E-state index contributed by atoms with van der Waals surface area (Å²) in [6, 6.07) is 41.8. The predicted octanol–water partition coefficient (Wildman–Crippen LogP) is 9.03. The molecule has 0 atom stereocenters. The van der Waals surface area contributed by atoms with E-state index in [2.05, 4.69) is 120 Å². The second-order valence-electron chi connectivity index (χ2n) is 8.87. The van der Waals surface area contributed by atoms with E-state index in [1.807, 2.05) is 12.4 Å². The normalized spacial score (nSPS) is 11.5. The third kappa shape index (κ3) is 2.98. The lowest BCUT2D eigenvalue weighted by molar-refractivity contribution is 1.36. The van der Waals surface area contributed by atoms with Crippen LogP contribution in [0.3, 0.4) is 0 Å². The van der Waals surface area contributed by atoms with E-state index in [1.165, 1.54) is 65.3 Å². The van der Waals surface area contributed by atoms with Gasteiger partial charge in [0.15, 0.2) is 0 Å². The lowest BCUT2D eigenvalue weighted by Crippen LogP contribution is -1.87. The molecule has 0 aliphatic heterocycles. The first-order valence-corrected chi connectivity index (χ1v) is 11.6. The average molecular weight is 432 g/mol.